The van der Waals surface area contributed by atoms with E-state index in [1.54, 1.807) is 12.4 Å². The summed E-state index contributed by atoms with van der Waals surface area (Å²) in [7, 11) is 0. The fourth-order valence-electron chi connectivity index (χ4n) is 3.73. The van der Waals surface area contributed by atoms with Crippen LogP contribution in [0, 0.1) is 0 Å². The van der Waals surface area contributed by atoms with Crippen molar-refractivity contribution < 1.29 is 9.90 Å². The van der Waals surface area contributed by atoms with E-state index in [-0.39, 0.29) is 5.91 Å². The number of aliphatic hydroxyl groups is 1. The van der Waals surface area contributed by atoms with Crippen molar-refractivity contribution in [3.8, 4) is 0 Å². The highest BCUT2D eigenvalue weighted by Crippen LogP contribution is 2.32. The third kappa shape index (κ3) is 4.30. The van der Waals surface area contributed by atoms with Crippen LogP contribution in [-0.4, -0.2) is 46.6 Å². The highest BCUT2D eigenvalue weighted by molar-refractivity contribution is 5.78. The Labute approximate surface area is 138 Å². The van der Waals surface area contributed by atoms with Crippen LogP contribution in [-0.2, 0) is 10.4 Å². The summed E-state index contributed by atoms with van der Waals surface area (Å²) in [5, 5.41) is 14.0. The average Bonchev–Trinajstić information content (AvgIpc) is 2.59. The van der Waals surface area contributed by atoms with E-state index in [0.717, 1.165) is 31.5 Å². The first-order valence-electron chi connectivity index (χ1n) is 8.80. The minimum atomic E-state index is -0.801. The van der Waals surface area contributed by atoms with Gasteiger partial charge in [-0.3, -0.25) is 14.7 Å². The van der Waals surface area contributed by atoms with Gasteiger partial charge < -0.3 is 10.4 Å². The molecule has 1 amide bonds. The van der Waals surface area contributed by atoms with Crippen molar-refractivity contribution in [2.75, 3.05) is 19.6 Å². The molecule has 0 bridgehead atoms. The Morgan fingerprint density at radius 2 is 2.04 bits per heavy atom. The van der Waals surface area contributed by atoms with Crippen molar-refractivity contribution in [2.24, 2.45) is 0 Å². The van der Waals surface area contributed by atoms with E-state index in [1.807, 2.05) is 12.1 Å². The molecule has 0 spiro atoms. The maximum atomic E-state index is 12.2. The van der Waals surface area contributed by atoms with Crippen LogP contribution in [0.5, 0.6) is 0 Å². The van der Waals surface area contributed by atoms with Crippen LogP contribution in [0.1, 0.15) is 50.5 Å². The van der Waals surface area contributed by atoms with Gasteiger partial charge in [0, 0.05) is 37.1 Å². The predicted molar refractivity (Wildman–Crippen MR) is 88.8 cm³/mol. The monoisotopic (exact) mass is 317 g/mol. The van der Waals surface area contributed by atoms with Crippen molar-refractivity contribution in [3.05, 3.63) is 30.1 Å². The lowest BCUT2D eigenvalue weighted by Crippen LogP contribution is -2.48. The normalized spacial score (nSPS) is 22.7. The molecule has 1 saturated carbocycles. The number of nitrogens with one attached hydrogen (secondary N) is 1. The molecule has 2 heterocycles. The zero-order valence-corrected chi connectivity index (χ0v) is 13.7. The van der Waals surface area contributed by atoms with Gasteiger partial charge in [0.05, 0.1) is 12.1 Å². The molecule has 1 aromatic heterocycles. The molecule has 2 fully saturated rings. The van der Waals surface area contributed by atoms with Crippen molar-refractivity contribution in [2.45, 2.75) is 56.6 Å². The average molecular weight is 317 g/mol. The SMILES string of the molecule is O=C(CN1CCC(O)(c2cccnc2)CC1)NC1CCCCC1. The van der Waals surface area contributed by atoms with Gasteiger partial charge in [0.25, 0.3) is 0 Å². The molecule has 2 aliphatic rings. The number of aromatic nitrogens is 1. The summed E-state index contributed by atoms with van der Waals surface area (Å²) in [6.45, 7) is 1.92. The van der Waals surface area contributed by atoms with Crippen LogP contribution in [0.4, 0.5) is 0 Å². The molecule has 1 aliphatic heterocycles. The van der Waals surface area contributed by atoms with E-state index < -0.39 is 5.60 Å². The van der Waals surface area contributed by atoms with Gasteiger partial charge in [-0.05, 0) is 31.7 Å². The van der Waals surface area contributed by atoms with E-state index in [0.29, 0.717) is 25.4 Å². The number of amides is 1. The predicted octanol–water partition coefficient (Wildman–Crippen LogP) is 1.81. The van der Waals surface area contributed by atoms with Crippen LogP contribution < -0.4 is 5.32 Å². The maximum absolute atomic E-state index is 12.2. The highest BCUT2D eigenvalue weighted by atomic mass is 16.3. The van der Waals surface area contributed by atoms with E-state index in [2.05, 4.69) is 15.2 Å². The molecule has 5 nitrogen and oxygen atoms in total. The van der Waals surface area contributed by atoms with E-state index >= 15 is 0 Å². The Kier molecular flexibility index (Phi) is 5.28. The lowest BCUT2D eigenvalue weighted by atomic mass is 9.85. The minimum Gasteiger partial charge on any atom is -0.385 e. The number of nitrogens with zero attached hydrogens (tertiary/aromatic N) is 2. The Balaban J connectivity index is 1.46. The molecule has 0 unspecified atom stereocenters. The number of hydrogen-bond acceptors (Lipinski definition) is 4. The van der Waals surface area contributed by atoms with Crippen molar-refractivity contribution in [1.82, 2.24) is 15.2 Å². The topological polar surface area (TPSA) is 65.5 Å². The summed E-state index contributed by atoms with van der Waals surface area (Å²) in [5.74, 6) is 0.128. The minimum absolute atomic E-state index is 0.128. The zero-order chi connectivity index (χ0) is 16.1. The Morgan fingerprint density at radius 3 is 2.70 bits per heavy atom. The van der Waals surface area contributed by atoms with Gasteiger partial charge in [-0.2, -0.15) is 0 Å². The third-order valence-corrected chi connectivity index (χ3v) is 5.22. The molecule has 0 atom stereocenters. The molecule has 126 valence electrons. The van der Waals surface area contributed by atoms with Gasteiger partial charge in [0.2, 0.25) is 5.91 Å². The number of hydrogen-bond donors (Lipinski definition) is 2. The smallest absolute Gasteiger partial charge is 0.234 e. The summed E-state index contributed by atoms with van der Waals surface area (Å²) in [5.41, 5.74) is 0.0799. The molecule has 2 N–H and O–H groups in total. The molecule has 1 saturated heterocycles. The Hall–Kier alpha value is -1.46. The number of likely N-dealkylation sites (tertiary alicyclic amines) is 1. The lowest BCUT2D eigenvalue weighted by Gasteiger charge is -2.38. The van der Waals surface area contributed by atoms with Gasteiger partial charge in [-0.1, -0.05) is 25.3 Å². The fourth-order valence-corrected chi connectivity index (χ4v) is 3.73. The van der Waals surface area contributed by atoms with Crippen molar-refractivity contribution >= 4 is 5.91 Å². The van der Waals surface area contributed by atoms with Crippen LogP contribution in [0.15, 0.2) is 24.5 Å². The van der Waals surface area contributed by atoms with Crippen LogP contribution >= 0.6 is 0 Å². The lowest BCUT2D eigenvalue weighted by molar-refractivity contribution is -0.124. The Morgan fingerprint density at radius 1 is 1.30 bits per heavy atom. The summed E-state index contributed by atoms with van der Waals surface area (Å²) in [4.78, 5) is 18.4. The second-order valence-electron chi connectivity index (χ2n) is 6.95. The molecule has 1 aliphatic carbocycles. The number of carbonyl (C=O) groups excluding carboxylic acids is 1. The number of rotatable bonds is 4. The van der Waals surface area contributed by atoms with Crippen LogP contribution in [0.3, 0.4) is 0 Å². The van der Waals surface area contributed by atoms with Crippen molar-refractivity contribution in [1.29, 1.82) is 0 Å². The molecule has 3 rings (SSSR count). The molecule has 5 heteroatoms. The molecule has 23 heavy (non-hydrogen) atoms. The van der Waals surface area contributed by atoms with E-state index in [1.165, 1.54) is 19.3 Å². The summed E-state index contributed by atoms with van der Waals surface area (Å²) < 4.78 is 0. The first kappa shape index (κ1) is 16.4. The van der Waals surface area contributed by atoms with Gasteiger partial charge in [0.1, 0.15) is 0 Å². The standard InChI is InChI=1S/C18H27N3O2/c22-17(20-16-6-2-1-3-7-16)14-21-11-8-18(23,9-12-21)15-5-4-10-19-13-15/h4-5,10,13,16,23H,1-3,6-9,11-12,14H2,(H,20,22). The first-order chi connectivity index (χ1) is 11.2. The van der Waals surface area contributed by atoms with E-state index in [4.69, 9.17) is 0 Å². The van der Waals surface area contributed by atoms with Crippen LogP contribution in [0.25, 0.3) is 0 Å². The third-order valence-electron chi connectivity index (χ3n) is 5.22. The molecular formula is C18H27N3O2. The Bertz CT molecular complexity index is 506. The number of pyridine rings is 1. The summed E-state index contributed by atoms with van der Waals surface area (Å²) >= 11 is 0. The van der Waals surface area contributed by atoms with Crippen molar-refractivity contribution in [3.63, 3.8) is 0 Å². The molecular weight excluding hydrogens is 290 g/mol. The number of carbonyl (C=O) groups is 1. The quantitative estimate of drug-likeness (QED) is 0.889. The van der Waals surface area contributed by atoms with Gasteiger partial charge >= 0.3 is 0 Å². The largest absolute Gasteiger partial charge is 0.385 e. The van der Waals surface area contributed by atoms with E-state index in [9.17, 15) is 9.90 Å². The molecule has 0 aromatic carbocycles. The summed E-state index contributed by atoms with van der Waals surface area (Å²) in [6, 6.07) is 4.16. The second-order valence-corrected chi connectivity index (χ2v) is 6.95. The summed E-state index contributed by atoms with van der Waals surface area (Å²) in [6.07, 6.45) is 10.7. The molecule has 0 radical (unpaired) electrons. The number of piperidine rings is 1. The maximum Gasteiger partial charge on any atom is 0.234 e. The van der Waals surface area contributed by atoms with Crippen LogP contribution in [0.2, 0.25) is 0 Å². The fraction of sp³-hybridized carbons (Fsp3) is 0.667. The zero-order valence-electron chi connectivity index (χ0n) is 13.7. The first-order valence-corrected chi connectivity index (χ1v) is 8.80. The van der Waals surface area contributed by atoms with Gasteiger partial charge in [-0.15, -0.1) is 0 Å². The van der Waals surface area contributed by atoms with Gasteiger partial charge in [0.15, 0.2) is 0 Å². The molecule has 1 aromatic rings. The second kappa shape index (κ2) is 7.41. The van der Waals surface area contributed by atoms with Gasteiger partial charge in [-0.25, -0.2) is 0 Å². The highest BCUT2D eigenvalue weighted by Gasteiger charge is 2.34.